The molecular formula is C21H31N5O4. The summed E-state index contributed by atoms with van der Waals surface area (Å²) in [5.41, 5.74) is 1.48. The first-order chi connectivity index (χ1) is 14.6. The fourth-order valence-corrected chi connectivity index (χ4v) is 4.89. The second kappa shape index (κ2) is 9.16. The molecule has 4 rings (SSSR count). The highest BCUT2D eigenvalue weighted by Gasteiger charge is 2.38. The molecule has 164 valence electrons. The fourth-order valence-electron chi connectivity index (χ4n) is 4.89. The van der Waals surface area contributed by atoms with E-state index in [1.165, 1.54) is 0 Å². The monoisotopic (exact) mass is 417 g/mol. The van der Waals surface area contributed by atoms with Crippen molar-refractivity contribution in [3.63, 3.8) is 0 Å². The molecule has 1 aromatic rings. The number of likely N-dealkylation sites (tertiary alicyclic amines) is 3. The van der Waals surface area contributed by atoms with Crippen molar-refractivity contribution in [3.8, 4) is 0 Å². The van der Waals surface area contributed by atoms with Crippen LogP contribution in [0.4, 0.5) is 0 Å². The molecule has 30 heavy (non-hydrogen) atoms. The molecule has 3 amide bonds. The van der Waals surface area contributed by atoms with Gasteiger partial charge in [-0.1, -0.05) is 0 Å². The van der Waals surface area contributed by atoms with E-state index in [4.69, 9.17) is 4.74 Å². The zero-order valence-corrected chi connectivity index (χ0v) is 17.6. The van der Waals surface area contributed by atoms with E-state index in [9.17, 15) is 14.4 Å². The van der Waals surface area contributed by atoms with Gasteiger partial charge in [0.15, 0.2) is 0 Å². The molecule has 0 saturated carbocycles. The van der Waals surface area contributed by atoms with Gasteiger partial charge in [-0.25, -0.2) is 0 Å². The van der Waals surface area contributed by atoms with E-state index >= 15 is 0 Å². The molecule has 0 aliphatic carbocycles. The molecule has 1 N–H and O–H groups in total. The van der Waals surface area contributed by atoms with Gasteiger partial charge in [0, 0.05) is 58.7 Å². The Balaban J connectivity index is 1.41. The number of amides is 3. The molecule has 3 saturated heterocycles. The summed E-state index contributed by atoms with van der Waals surface area (Å²) in [6, 6.07) is 0. The highest BCUT2D eigenvalue weighted by atomic mass is 16.5. The number of aromatic nitrogens is 2. The number of aromatic amines is 1. The number of H-pyrrole nitrogens is 1. The smallest absolute Gasteiger partial charge is 0.257 e. The van der Waals surface area contributed by atoms with Crippen LogP contribution >= 0.6 is 0 Å². The first-order valence-corrected chi connectivity index (χ1v) is 11.0. The molecular weight excluding hydrogens is 386 g/mol. The van der Waals surface area contributed by atoms with Gasteiger partial charge in [-0.3, -0.25) is 19.5 Å². The number of carbonyl (C=O) groups is 3. The molecule has 0 aromatic carbocycles. The number of rotatable bonds is 6. The summed E-state index contributed by atoms with van der Waals surface area (Å²) < 4.78 is 5.06. The van der Waals surface area contributed by atoms with E-state index in [0.29, 0.717) is 38.3 Å². The number of hydrogen-bond donors (Lipinski definition) is 1. The largest absolute Gasteiger partial charge is 0.383 e. The zero-order valence-electron chi connectivity index (χ0n) is 17.6. The normalized spacial score (nSPS) is 24.7. The van der Waals surface area contributed by atoms with E-state index in [0.717, 1.165) is 44.5 Å². The number of piperidine rings is 1. The van der Waals surface area contributed by atoms with Crippen molar-refractivity contribution < 1.29 is 19.1 Å². The van der Waals surface area contributed by atoms with Gasteiger partial charge in [-0.15, -0.1) is 0 Å². The maximum atomic E-state index is 13.1. The van der Waals surface area contributed by atoms with E-state index in [2.05, 4.69) is 10.2 Å². The lowest BCUT2D eigenvalue weighted by molar-refractivity contribution is -0.137. The lowest BCUT2D eigenvalue weighted by Crippen LogP contribution is -2.43. The summed E-state index contributed by atoms with van der Waals surface area (Å²) in [5, 5.41) is 7.18. The molecule has 2 unspecified atom stereocenters. The Kier molecular flexibility index (Phi) is 6.36. The average molecular weight is 418 g/mol. The predicted molar refractivity (Wildman–Crippen MR) is 109 cm³/mol. The van der Waals surface area contributed by atoms with E-state index < -0.39 is 0 Å². The maximum Gasteiger partial charge on any atom is 0.257 e. The lowest BCUT2D eigenvalue weighted by Gasteiger charge is -2.34. The summed E-state index contributed by atoms with van der Waals surface area (Å²) in [6.07, 6.45) is 5.78. The average Bonchev–Trinajstić information content (AvgIpc) is 3.52. The molecule has 9 heteroatoms. The molecule has 0 bridgehead atoms. The van der Waals surface area contributed by atoms with Crippen LogP contribution in [0.3, 0.4) is 0 Å². The molecule has 9 nitrogen and oxygen atoms in total. The van der Waals surface area contributed by atoms with Crippen molar-refractivity contribution in [3.05, 3.63) is 17.5 Å². The Morgan fingerprint density at radius 1 is 1.17 bits per heavy atom. The van der Waals surface area contributed by atoms with Crippen molar-refractivity contribution in [2.45, 2.75) is 38.0 Å². The van der Waals surface area contributed by atoms with E-state index in [-0.39, 0.29) is 36.0 Å². The zero-order chi connectivity index (χ0) is 21.1. The summed E-state index contributed by atoms with van der Waals surface area (Å²) in [5.74, 6) is -0.130. The van der Waals surface area contributed by atoms with Crippen LogP contribution in [0.2, 0.25) is 0 Å². The Morgan fingerprint density at radius 3 is 2.70 bits per heavy atom. The van der Waals surface area contributed by atoms with E-state index in [1.807, 2.05) is 9.80 Å². The Labute approximate surface area is 176 Å². The van der Waals surface area contributed by atoms with Crippen LogP contribution < -0.4 is 0 Å². The molecule has 3 fully saturated rings. The van der Waals surface area contributed by atoms with Crippen molar-refractivity contribution in [1.29, 1.82) is 0 Å². The molecule has 3 aliphatic heterocycles. The van der Waals surface area contributed by atoms with E-state index in [1.54, 1.807) is 18.2 Å². The number of nitrogens with one attached hydrogen (secondary N) is 1. The van der Waals surface area contributed by atoms with Gasteiger partial charge >= 0.3 is 0 Å². The second-order valence-electron chi connectivity index (χ2n) is 8.55. The summed E-state index contributed by atoms with van der Waals surface area (Å²) >= 11 is 0. The molecule has 2 atom stereocenters. The Bertz CT molecular complexity index is 788. The molecule has 3 aliphatic rings. The first kappa shape index (κ1) is 20.8. The molecule has 0 radical (unpaired) electrons. The third kappa shape index (κ3) is 4.21. The predicted octanol–water partition coefficient (Wildman–Crippen LogP) is 0.847. The van der Waals surface area contributed by atoms with Gasteiger partial charge < -0.3 is 19.4 Å². The minimum absolute atomic E-state index is 0.0195. The molecule has 4 heterocycles. The van der Waals surface area contributed by atoms with Crippen LogP contribution in [0.1, 0.15) is 54.1 Å². The maximum absolute atomic E-state index is 13.1. The third-order valence-electron chi connectivity index (χ3n) is 6.56. The Morgan fingerprint density at radius 2 is 1.93 bits per heavy atom. The second-order valence-corrected chi connectivity index (χ2v) is 8.55. The molecule has 0 spiro atoms. The van der Waals surface area contributed by atoms with Gasteiger partial charge in [0.2, 0.25) is 11.8 Å². The minimum atomic E-state index is -0.291. The van der Waals surface area contributed by atoms with Crippen LogP contribution in [0.15, 0.2) is 6.20 Å². The van der Waals surface area contributed by atoms with Crippen molar-refractivity contribution in [2.24, 2.45) is 5.92 Å². The van der Waals surface area contributed by atoms with Crippen LogP contribution in [-0.2, 0) is 14.3 Å². The minimum Gasteiger partial charge on any atom is -0.383 e. The highest BCUT2D eigenvalue weighted by Crippen LogP contribution is 2.31. The van der Waals surface area contributed by atoms with Gasteiger partial charge in [-0.2, -0.15) is 5.10 Å². The van der Waals surface area contributed by atoms with Gasteiger partial charge in [0.05, 0.1) is 30.0 Å². The highest BCUT2D eigenvalue weighted by molar-refractivity contribution is 5.95. The topological polar surface area (TPSA) is 98.8 Å². The molecule has 1 aromatic heterocycles. The fraction of sp³-hybridized carbons (Fsp3) is 0.714. The summed E-state index contributed by atoms with van der Waals surface area (Å²) in [7, 11) is 1.61. The lowest BCUT2D eigenvalue weighted by atomic mass is 9.91. The number of carbonyl (C=O) groups excluding carboxylic acids is 3. The van der Waals surface area contributed by atoms with Crippen LogP contribution in [0, 0.1) is 5.92 Å². The van der Waals surface area contributed by atoms with Crippen molar-refractivity contribution >= 4 is 17.7 Å². The van der Waals surface area contributed by atoms with Crippen LogP contribution in [-0.4, -0.2) is 95.6 Å². The quantitative estimate of drug-likeness (QED) is 0.740. The van der Waals surface area contributed by atoms with Crippen LogP contribution in [0.25, 0.3) is 0 Å². The van der Waals surface area contributed by atoms with Crippen molar-refractivity contribution in [1.82, 2.24) is 24.9 Å². The van der Waals surface area contributed by atoms with Crippen LogP contribution in [0.5, 0.6) is 0 Å². The number of methoxy groups -OCH3 is 1. The van der Waals surface area contributed by atoms with Gasteiger partial charge in [-0.05, 0) is 25.7 Å². The SMILES string of the molecule is COCCN1CC(C(=O)N2CCCC(c3[nH]ncc3C(=O)N3CCCC3)C2)CC1=O. The van der Waals surface area contributed by atoms with Gasteiger partial charge in [0.25, 0.3) is 5.91 Å². The third-order valence-corrected chi connectivity index (χ3v) is 6.56. The summed E-state index contributed by atoms with van der Waals surface area (Å²) in [6.45, 7) is 4.32. The van der Waals surface area contributed by atoms with Gasteiger partial charge in [0.1, 0.15) is 0 Å². The standard InChI is InChI=1S/C21H31N5O4/c1-30-10-9-25-14-16(11-18(25)27)20(28)26-8-4-5-15(13-26)19-17(12-22-23-19)21(29)24-6-2-3-7-24/h12,15-16H,2-11,13-14H2,1H3,(H,22,23). The first-order valence-electron chi connectivity index (χ1n) is 11.0. The summed E-state index contributed by atoms with van der Waals surface area (Å²) in [4.78, 5) is 43.7. The number of ether oxygens (including phenoxy) is 1. The van der Waals surface area contributed by atoms with Crippen molar-refractivity contribution in [2.75, 3.05) is 53.0 Å². The number of hydrogen-bond acceptors (Lipinski definition) is 5. The number of nitrogens with zero attached hydrogens (tertiary/aromatic N) is 4. The Hall–Kier alpha value is -2.42.